The van der Waals surface area contributed by atoms with Gasteiger partial charge in [0.15, 0.2) is 0 Å². The summed E-state index contributed by atoms with van der Waals surface area (Å²) in [5.41, 5.74) is 0. The fourth-order valence-corrected chi connectivity index (χ4v) is 1.57. The first-order chi connectivity index (χ1) is 7.24. The van der Waals surface area contributed by atoms with E-state index in [1.807, 2.05) is 6.07 Å². The highest BCUT2D eigenvalue weighted by molar-refractivity contribution is 7.93. The second kappa shape index (κ2) is 6.29. The summed E-state index contributed by atoms with van der Waals surface area (Å²) < 4.78 is 5.02. The van der Waals surface area contributed by atoms with Crippen molar-refractivity contribution in [3.8, 4) is 5.75 Å². The van der Waals surface area contributed by atoms with Crippen LogP contribution in [-0.4, -0.2) is 10.9 Å². The summed E-state index contributed by atoms with van der Waals surface area (Å²) in [6, 6.07) is 7.01. The molecule has 0 unspecified atom stereocenters. The van der Waals surface area contributed by atoms with Crippen LogP contribution in [0.3, 0.4) is 0 Å². The minimum atomic E-state index is -0.429. The molecule has 1 rings (SSSR count). The predicted molar refractivity (Wildman–Crippen MR) is 59.7 cm³/mol. The van der Waals surface area contributed by atoms with Crippen LogP contribution in [0.1, 0.15) is 19.8 Å². The van der Waals surface area contributed by atoms with Gasteiger partial charge >= 0.3 is 0 Å². The van der Waals surface area contributed by atoms with E-state index in [0.29, 0.717) is 29.2 Å². The van der Waals surface area contributed by atoms with Gasteiger partial charge in [0.05, 0.1) is 6.61 Å². The first-order valence-corrected chi connectivity index (χ1v) is 5.55. The number of rotatable bonds is 6. The SMILES string of the molecule is CCCCOc1ccccc1S[N+](=O)[O-]. The van der Waals surface area contributed by atoms with Gasteiger partial charge in [-0.3, -0.25) is 10.1 Å². The summed E-state index contributed by atoms with van der Waals surface area (Å²) in [4.78, 5) is 10.9. The Bertz CT molecular complexity index is 330. The first kappa shape index (κ1) is 11.8. The van der Waals surface area contributed by atoms with Gasteiger partial charge in [0.2, 0.25) is 0 Å². The highest BCUT2D eigenvalue weighted by atomic mass is 32.2. The van der Waals surface area contributed by atoms with Crippen LogP contribution in [0, 0.1) is 10.1 Å². The van der Waals surface area contributed by atoms with Crippen molar-refractivity contribution >= 4 is 11.9 Å². The van der Waals surface area contributed by atoms with Gasteiger partial charge in [0.1, 0.15) is 15.0 Å². The lowest BCUT2D eigenvalue weighted by molar-refractivity contribution is -0.284. The first-order valence-electron chi connectivity index (χ1n) is 4.78. The third kappa shape index (κ3) is 4.20. The predicted octanol–water partition coefficient (Wildman–Crippen LogP) is 3.15. The summed E-state index contributed by atoms with van der Waals surface area (Å²) >= 11 is 0.580. The van der Waals surface area contributed by atoms with Crippen LogP contribution >= 0.6 is 11.9 Å². The van der Waals surface area contributed by atoms with Crippen molar-refractivity contribution in [1.82, 2.24) is 0 Å². The number of nitrogens with zero attached hydrogens (tertiary/aromatic N) is 1. The number of unbranched alkanes of at least 4 members (excludes halogenated alkanes) is 1. The van der Waals surface area contributed by atoms with Crippen molar-refractivity contribution < 1.29 is 9.07 Å². The number of hydrogen-bond acceptors (Lipinski definition) is 4. The van der Waals surface area contributed by atoms with E-state index in [4.69, 9.17) is 4.74 Å². The number of nitro groups is 1. The van der Waals surface area contributed by atoms with E-state index < -0.39 is 4.33 Å². The number of benzene rings is 1. The molecular weight excluding hydrogens is 214 g/mol. The molecule has 0 aliphatic rings. The lowest BCUT2D eigenvalue weighted by Crippen LogP contribution is -1.98. The summed E-state index contributed by atoms with van der Waals surface area (Å²) in [6.07, 6.45) is 2.00. The Morgan fingerprint density at radius 3 is 2.87 bits per heavy atom. The molecule has 0 radical (unpaired) electrons. The van der Waals surface area contributed by atoms with Gasteiger partial charge in [0.25, 0.3) is 11.9 Å². The Morgan fingerprint density at radius 1 is 1.47 bits per heavy atom. The number of hydrogen-bond donors (Lipinski definition) is 0. The Hall–Kier alpha value is -1.23. The Labute approximate surface area is 92.9 Å². The van der Waals surface area contributed by atoms with Crippen LogP contribution in [0.15, 0.2) is 29.2 Å². The van der Waals surface area contributed by atoms with Gasteiger partial charge in [-0.05, 0) is 18.6 Å². The average Bonchev–Trinajstić information content (AvgIpc) is 2.20. The Balaban J connectivity index is 2.64. The van der Waals surface area contributed by atoms with Crippen LogP contribution in [0.4, 0.5) is 0 Å². The van der Waals surface area contributed by atoms with Gasteiger partial charge in [-0.2, -0.15) is 0 Å². The molecule has 0 bridgehead atoms. The van der Waals surface area contributed by atoms with Crippen LogP contribution in [0.25, 0.3) is 0 Å². The van der Waals surface area contributed by atoms with E-state index in [1.54, 1.807) is 18.2 Å². The molecule has 0 spiro atoms. The summed E-state index contributed by atoms with van der Waals surface area (Å²) in [5, 5.41) is 10.4. The minimum Gasteiger partial charge on any atom is -0.492 e. The standard InChI is InChI=1S/C10H13NO3S/c1-2-3-8-14-9-6-4-5-7-10(9)15-11(12)13/h4-7H,2-3,8H2,1H3. The van der Waals surface area contributed by atoms with Gasteiger partial charge in [-0.25, -0.2) is 0 Å². The zero-order chi connectivity index (χ0) is 11.1. The molecule has 5 heteroatoms. The largest absolute Gasteiger partial charge is 0.492 e. The van der Waals surface area contributed by atoms with Gasteiger partial charge in [-0.1, -0.05) is 25.5 Å². The van der Waals surface area contributed by atoms with Crippen LogP contribution in [0.2, 0.25) is 0 Å². The van der Waals surface area contributed by atoms with Gasteiger partial charge < -0.3 is 4.74 Å². The van der Waals surface area contributed by atoms with Crippen LogP contribution in [-0.2, 0) is 0 Å². The quantitative estimate of drug-likeness (QED) is 0.324. The molecule has 0 fully saturated rings. The smallest absolute Gasteiger partial charge is 0.269 e. The lowest BCUT2D eigenvalue weighted by Gasteiger charge is -2.06. The van der Waals surface area contributed by atoms with Gasteiger partial charge in [0, 0.05) is 0 Å². The molecular formula is C10H13NO3S. The molecule has 0 aromatic heterocycles. The molecule has 0 heterocycles. The molecule has 0 N–H and O–H groups in total. The van der Waals surface area contributed by atoms with Crippen molar-refractivity contribution in [3.05, 3.63) is 34.4 Å². The molecule has 0 aliphatic carbocycles. The van der Waals surface area contributed by atoms with Crippen LogP contribution in [0.5, 0.6) is 5.75 Å². The molecule has 0 atom stereocenters. The van der Waals surface area contributed by atoms with E-state index in [-0.39, 0.29) is 0 Å². The van der Waals surface area contributed by atoms with Gasteiger partial charge in [-0.15, -0.1) is 0 Å². The minimum absolute atomic E-state index is 0.429. The maximum Gasteiger partial charge on any atom is 0.269 e. The van der Waals surface area contributed by atoms with Crippen molar-refractivity contribution in [3.63, 3.8) is 0 Å². The third-order valence-corrected chi connectivity index (χ3v) is 2.46. The van der Waals surface area contributed by atoms with E-state index in [1.165, 1.54) is 0 Å². The van der Waals surface area contributed by atoms with E-state index in [0.717, 1.165) is 12.8 Å². The Morgan fingerprint density at radius 2 is 2.20 bits per heavy atom. The zero-order valence-corrected chi connectivity index (χ0v) is 9.33. The highest BCUT2D eigenvalue weighted by Gasteiger charge is 2.11. The molecule has 0 amide bonds. The summed E-state index contributed by atoms with van der Waals surface area (Å²) in [5.74, 6) is 0.590. The average molecular weight is 227 g/mol. The molecule has 82 valence electrons. The Kier molecular flexibility index (Phi) is 4.97. The van der Waals surface area contributed by atoms with E-state index in [9.17, 15) is 10.1 Å². The normalized spacial score (nSPS) is 9.93. The second-order valence-electron chi connectivity index (χ2n) is 2.96. The topological polar surface area (TPSA) is 52.4 Å². The third-order valence-electron chi connectivity index (χ3n) is 1.78. The fourth-order valence-electron chi connectivity index (χ4n) is 1.05. The van der Waals surface area contributed by atoms with Crippen molar-refractivity contribution in [2.24, 2.45) is 0 Å². The highest BCUT2D eigenvalue weighted by Crippen LogP contribution is 2.28. The molecule has 0 saturated heterocycles. The second-order valence-corrected chi connectivity index (χ2v) is 3.88. The monoisotopic (exact) mass is 227 g/mol. The fraction of sp³-hybridized carbons (Fsp3) is 0.400. The molecule has 0 saturated carbocycles. The maximum atomic E-state index is 10.4. The summed E-state index contributed by atoms with van der Waals surface area (Å²) in [6.45, 7) is 2.67. The molecule has 15 heavy (non-hydrogen) atoms. The molecule has 0 aliphatic heterocycles. The number of para-hydroxylation sites is 1. The summed E-state index contributed by atoms with van der Waals surface area (Å²) in [7, 11) is 0. The maximum absolute atomic E-state index is 10.4. The molecule has 1 aromatic carbocycles. The van der Waals surface area contributed by atoms with Crippen molar-refractivity contribution in [2.45, 2.75) is 24.7 Å². The number of ether oxygens (including phenoxy) is 1. The molecule has 4 nitrogen and oxygen atoms in total. The van der Waals surface area contributed by atoms with Crippen molar-refractivity contribution in [1.29, 1.82) is 0 Å². The van der Waals surface area contributed by atoms with E-state index >= 15 is 0 Å². The lowest BCUT2D eigenvalue weighted by atomic mass is 10.3. The molecule has 1 aromatic rings. The van der Waals surface area contributed by atoms with Crippen LogP contribution < -0.4 is 4.74 Å². The van der Waals surface area contributed by atoms with E-state index in [2.05, 4.69) is 6.92 Å². The zero-order valence-electron chi connectivity index (χ0n) is 8.51. The van der Waals surface area contributed by atoms with Crippen molar-refractivity contribution in [2.75, 3.05) is 6.61 Å².